The maximum Gasteiger partial charge on any atom is 0.260 e. The maximum absolute atomic E-state index is 12.7. The molecule has 2 aromatic rings. The summed E-state index contributed by atoms with van der Waals surface area (Å²) in [6.07, 6.45) is 1.46. The van der Waals surface area contributed by atoms with Gasteiger partial charge in [0.05, 0.1) is 19.8 Å². The summed E-state index contributed by atoms with van der Waals surface area (Å²) in [5.74, 6) is 1.83. The molecule has 0 spiro atoms. The molecule has 0 bridgehead atoms. The number of methoxy groups -OCH3 is 2. The van der Waals surface area contributed by atoms with Crippen LogP contribution in [0.3, 0.4) is 0 Å². The Hall–Kier alpha value is -2.87. The van der Waals surface area contributed by atoms with Crippen molar-refractivity contribution in [1.29, 1.82) is 0 Å². The predicted octanol–water partition coefficient (Wildman–Crippen LogP) is 1.50. The molecule has 1 amide bonds. The molecule has 0 aliphatic carbocycles. The SMILES string of the molecule is COc1cccc(C(=O)Nc2cc(N3CCN(C)CC3)ncn2)c1OC. The molecular weight excluding hydrogens is 334 g/mol. The van der Waals surface area contributed by atoms with Crippen molar-refractivity contribution in [1.82, 2.24) is 14.9 Å². The van der Waals surface area contributed by atoms with Crippen LogP contribution in [0.25, 0.3) is 0 Å². The number of hydrogen-bond acceptors (Lipinski definition) is 7. The van der Waals surface area contributed by atoms with Gasteiger partial charge in [-0.25, -0.2) is 9.97 Å². The fraction of sp³-hybridized carbons (Fsp3) is 0.389. The highest BCUT2D eigenvalue weighted by Crippen LogP contribution is 2.31. The van der Waals surface area contributed by atoms with Gasteiger partial charge in [-0.1, -0.05) is 6.07 Å². The minimum Gasteiger partial charge on any atom is -0.493 e. The molecule has 0 radical (unpaired) electrons. The van der Waals surface area contributed by atoms with Crippen molar-refractivity contribution in [2.45, 2.75) is 0 Å². The molecule has 1 N–H and O–H groups in total. The highest BCUT2D eigenvalue weighted by molar-refractivity contribution is 6.06. The molecule has 1 aliphatic rings. The van der Waals surface area contributed by atoms with Gasteiger partial charge in [-0.15, -0.1) is 0 Å². The number of carbonyl (C=O) groups is 1. The van der Waals surface area contributed by atoms with Gasteiger partial charge in [-0.3, -0.25) is 4.79 Å². The predicted molar refractivity (Wildman–Crippen MR) is 99.2 cm³/mol. The largest absolute Gasteiger partial charge is 0.493 e. The number of benzene rings is 1. The normalized spacial score (nSPS) is 14.8. The Labute approximate surface area is 152 Å². The fourth-order valence-electron chi connectivity index (χ4n) is 2.87. The Balaban J connectivity index is 1.77. The van der Waals surface area contributed by atoms with E-state index in [2.05, 4.69) is 32.1 Å². The second-order valence-electron chi connectivity index (χ2n) is 6.05. The quantitative estimate of drug-likeness (QED) is 0.868. The van der Waals surface area contributed by atoms with Crippen molar-refractivity contribution in [3.8, 4) is 11.5 Å². The average molecular weight is 357 g/mol. The van der Waals surface area contributed by atoms with Crippen LogP contribution in [-0.2, 0) is 0 Å². The summed E-state index contributed by atoms with van der Waals surface area (Å²) in [5, 5.41) is 2.81. The van der Waals surface area contributed by atoms with Crippen molar-refractivity contribution >= 4 is 17.5 Å². The Morgan fingerprint density at radius 3 is 2.58 bits per heavy atom. The number of rotatable bonds is 5. The summed E-state index contributed by atoms with van der Waals surface area (Å²) in [7, 11) is 5.14. The molecule has 1 aromatic carbocycles. The van der Waals surface area contributed by atoms with Crippen LogP contribution >= 0.6 is 0 Å². The van der Waals surface area contributed by atoms with Crippen LogP contribution in [0.15, 0.2) is 30.6 Å². The van der Waals surface area contributed by atoms with Gasteiger partial charge in [0, 0.05) is 32.2 Å². The van der Waals surface area contributed by atoms with Gasteiger partial charge in [0.15, 0.2) is 11.5 Å². The van der Waals surface area contributed by atoms with Gasteiger partial charge < -0.3 is 24.6 Å². The van der Waals surface area contributed by atoms with Crippen LogP contribution < -0.4 is 19.7 Å². The number of carbonyl (C=O) groups excluding carboxylic acids is 1. The molecule has 1 saturated heterocycles. The Morgan fingerprint density at radius 2 is 1.88 bits per heavy atom. The minimum atomic E-state index is -0.316. The maximum atomic E-state index is 12.7. The van der Waals surface area contributed by atoms with E-state index in [0.717, 1.165) is 32.0 Å². The lowest BCUT2D eigenvalue weighted by atomic mass is 10.1. The summed E-state index contributed by atoms with van der Waals surface area (Å²) in [5.41, 5.74) is 0.381. The number of nitrogens with one attached hydrogen (secondary N) is 1. The zero-order chi connectivity index (χ0) is 18.5. The second-order valence-corrected chi connectivity index (χ2v) is 6.05. The monoisotopic (exact) mass is 357 g/mol. The lowest BCUT2D eigenvalue weighted by Crippen LogP contribution is -2.44. The zero-order valence-corrected chi connectivity index (χ0v) is 15.2. The Bertz CT molecular complexity index is 775. The van der Waals surface area contributed by atoms with Gasteiger partial charge in [0.2, 0.25) is 0 Å². The van der Waals surface area contributed by atoms with E-state index in [1.54, 1.807) is 24.3 Å². The van der Waals surface area contributed by atoms with Gasteiger partial charge >= 0.3 is 0 Å². The molecule has 0 saturated carbocycles. The van der Waals surface area contributed by atoms with Crippen molar-refractivity contribution < 1.29 is 14.3 Å². The third kappa shape index (κ3) is 3.85. The van der Waals surface area contributed by atoms with E-state index < -0.39 is 0 Å². The second kappa shape index (κ2) is 8.01. The standard InChI is InChI=1S/C18H23N5O3/c1-22-7-9-23(10-8-22)16-11-15(19-12-20-16)21-18(24)13-5-4-6-14(25-2)17(13)26-3/h4-6,11-12H,7-10H2,1-3H3,(H,19,20,21,24). The van der Waals surface area contributed by atoms with Crippen molar-refractivity contribution in [2.24, 2.45) is 0 Å². The van der Waals surface area contributed by atoms with Crippen LogP contribution in [0.4, 0.5) is 11.6 Å². The number of likely N-dealkylation sites (N-methyl/N-ethyl adjacent to an activating group) is 1. The molecular formula is C18H23N5O3. The molecule has 8 heteroatoms. The first-order chi connectivity index (χ1) is 12.6. The van der Waals surface area contributed by atoms with Gasteiger partial charge in [0.1, 0.15) is 18.0 Å². The smallest absolute Gasteiger partial charge is 0.260 e. The molecule has 1 aromatic heterocycles. The van der Waals surface area contributed by atoms with Crippen LogP contribution in [0, 0.1) is 0 Å². The molecule has 1 aliphatic heterocycles. The van der Waals surface area contributed by atoms with Crippen molar-refractivity contribution in [3.63, 3.8) is 0 Å². The van der Waals surface area contributed by atoms with E-state index in [4.69, 9.17) is 9.47 Å². The average Bonchev–Trinajstić information content (AvgIpc) is 2.68. The molecule has 2 heterocycles. The molecule has 8 nitrogen and oxygen atoms in total. The van der Waals surface area contributed by atoms with Crippen LogP contribution in [-0.4, -0.2) is 68.2 Å². The highest BCUT2D eigenvalue weighted by atomic mass is 16.5. The van der Waals surface area contributed by atoms with Gasteiger partial charge in [-0.05, 0) is 19.2 Å². The van der Waals surface area contributed by atoms with E-state index in [-0.39, 0.29) is 5.91 Å². The molecule has 26 heavy (non-hydrogen) atoms. The van der Waals surface area contributed by atoms with Crippen LogP contribution in [0.2, 0.25) is 0 Å². The van der Waals surface area contributed by atoms with Crippen LogP contribution in [0.5, 0.6) is 11.5 Å². The first-order valence-corrected chi connectivity index (χ1v) is 8.40. The van der Waals surface area contributed by atoms with Crippen LogP contribution in [0.1, 0.15) is 10.4 Å². The summed E-state index contributed by atoms with van der Waals surface area (Å²) in [6, 6.07) is 6.95. The highest BCUT2D eigenvalue weighted by Gasteiger charge is 2.19. The van der Waals surface area contributed by atoms with E-state index in [1.165, 1.54) is 20.5 Å². The Kier molecular flexibility index (Phi) is 5.52. The number of nitrogens with zero attached hydrogens (tertiary/aromatic N) is 4. The van der Waals surface area contributed by atoms with Crippen molar-refractivity contribution in [3.05, 3.63) is 36.2 Å². The molecule has 1 fully saturated rings. The molecule has 138 valence electrons. The van der Waals surface area contributed by atoms with E-state index in [1.807, 2.05) is 0 Å². The number of anilines is 2. The third-order valence-electron chi connectivity index (χ3n) is 4.37. The van der Waals surface area contributed by atoms with E-state index in [0.29, 0.717) is 22.9 Å². The first-order valence-electron chi connectivity index (χ1n) is 8.40. The topological polar surface area (TPSA) is 79.8 Å². The summed E-state index contributed by atoms with van der Waals surface area (Å²) < 4.78 is 10.6. The number of ether oxygens (including phenoxy) is 2. The Morgan fingerprint density at radius 1 is 1.12 bits per heavy atom. The summed E-state index contributed by atoms with van der Waals surface area (Å²) >= 11 is 0. The molecule has 0 unspecified atom stereocenters. The number of amides is 1. The lowest BCUT2D eigenvalue weighted by molar-refractivity contribution is 0.102. The number of hydrogen-bond donors (Lipinski definition) is 1. The van der Waals surface area contributed by atoms with Gasteiger partial charge in [0.25, 0.3) is 5.91 Å². The summed E-state index contributed by atoms with van der Waals surface area (Å²) in [6.45, 7) is 3.74. The van der Waals surface area contributed by atoms with Gasteiger partial charge in [-0.2, -0.15) is 0 Å². The zero-order valence-electron chi connectivity index (χ0n) is 15.2. The lowest BCUT2D eigenvalue weighted by Gasteiger charge is -2.33. The number of piperazine rings is 1. The number of para-hydroxylation sites is 1. The first kappa shape index (κ1) is 17.9. The molecule has 0 atom stereocenters. The van der Waals surface area contributed by atoms with E-state index >= 15 is 0 Å². The third-order valence-corrected chi connectivity index (χ3v) is 4.37. The fourth-order valence-corrected chi connectivity index (χ4v) is 2.87. The number of aromatic nitrogens is 2. The molecule has 3 rings (SSSR count). The van der Waals surface area contributed by atoms with E-state index in [9.17, 15) is 4.79 Å². The minimum absolute atomic E-state index is 0.316. The summed E-state index contributed by atoms with van der Waals surface area (Å²) in [4.78, 5) is 25.6. The van der Waals surface area contributed by atoms with Crippen molar-refractivity contribution in [2.75, 3.05) is 57.7 Å².